The van der Waals surface area contributed by atoms with Crippen LogP contribution in [0.15, 0.2) is 27.6 Å². The summed E-state index contributed by atoms with van der Waals surface area (Å²) in [4.78, 5) is 4.40. The van der Waals surface area contributed by atoms with Crippen molar-refractivity contribution >= 4 is 22.2 Å². The fourth-order valence-electron chi connectivity index (χ4n) is 2.69. The molecule has 144 valence electrons. The van der Waals surface area contributed by atoms with Gasteiger partial charge in [0, 0.05) is 12.5 Å². The Kier molecular flexibility index (Phi) is 6.15. The average Bonchev–Trinajstić information content (AvgIpc) is 3.06. The Morgan fingerprint density at radius 3 is 2.50 bits per heavy atom. The molecular weight excluding hydrogens is 382 g/mol. The smallest absolute Gasteiger partial charge is 0.227 e. The molecule has 3 rings (SSSR count). The van der Waals surface area contributed by atoms with Crippen LogP contribution in [0.25, 0.3) is 0 Å². The van der Waals surface area contributed by atoms with Crippen molar-refractivity contribution in [1.29, 1.82) is 0 Å². The molecule has 0 bridgehead atoms. The monoisotopic (exact) mass is 403 g/mol. The molecule has 1 aromatic carbocycles. The second-order valence-electron chi connectivity index (χ2n) is 6.11. The van der Waals surface area contributed by atoms with Crippen LogP contribution < -0.4 is 15.2 Å². The van der Waals surface area contributed by atoms with E-state index in [2.05, 4.69) is 10.1 Å². The molecule has 0 amide bonds. The van der Waals surface area contributed by atoms with Crippen molar-refractivity contribution in [1.82, 2.24) is 10.1 Å². The van der Waals surface area contributed by atoms with Gasteiger partial charge in [0.15, 0.2) is 27.2 Å². The maximum atomic E-state index is 12.5. The van der Waals surface area contributed by atoms with Crippen LogP contribution in [0, 0.1) is 0 Å². The van der Waals surface area contributed by atoms with Gasteiger partial charge in [-0.15, -0.1) is 12.4 Å². The van der Waals surface area contributed by atoms with Crippen LogP contribution >= 0.6 is 12.4 Å². The summed E-state index contributed by atoms with van der Waals surface area (Å²) in [5.74, 6) is 1.41. The molecule has 26 heavy (non-hydrogen) atoms. The van der Waals surface area contributed by atoms with Crippen molar-refractivity contribution in [3.05, 3.63) is 29.9 Å². The Hall–Kier alpha value is -1.84. The van der Waals surface area contributed by atoms with Gasteiger partial charge in [-0.1, -0.05) is 5.16 Å². The van der Waals surface area contributed by atoms with Gasteiger partial charge in [0.25, 0.3) is 0 Å². The summed E-state index contributed by atoms with van der Waals surface area (Å²) < 4.78 is 40.5. The van der Waals surface area contributed by atoms with Gasteiger partial charge in [-0.05, 0) is 31.4 Å². The number of halogens is 1. The lowest BCUT2D eigenvalue weighted by Crippen LogP contribution is -2.44. The first-order valence-electron chi connectivity index (χ1n) is 7.95. The first-order valence-corrected chi connectivity index (χ1v) is 9.60. The highest BCUT2D eigenvalue weighted by atomic mass is 35.5. The SMILES string of the molecule is COc1ccc(S(=O)(=O)CCc2nc(C3(N)CCC3)no2)cc1OC.Cl. The Labute approximate surface area is 158 Å². The van der Waals surface area contributed by atoms with Gasteiger partial charge in [-0.2, -0.15) is 4.98 Å². The Morgan fingerprint density at radius 1 is 1.23 bits per heavy atom. The highest BCUT2D eigenvalue weighted by molar-refractivity contribution is 7.91. The quantitative estimate of drug-likeness (QED) is 0.744. The number of methoxy groups -OCH3 is 2. The molecule has 10 heteroatoms. The number of nitrogens with zero attached hydrogens (tertiary/aromatic N) is 2. The second-order valence-corrected chi connectivity index (χ2v) is 8.22. The van der Waals surface area contributed by atoms with Crippen LogP contribution in [0.5, 0.6) is 11.5 Å². The lowest BCUT2D eigenvalue weighted by atomic mass is 9.77. The van der Waals surface area contributed by atoms with E-state index >= 15 is 0 Å². The maximum absolute atomic E-state index is 12.5. The average molecular weight is 404 g/mol. The van der Waals surface area contributed by atoms with E-state index in [0.29, 0.717) is 17.3 Å². The largest absolute Gasteiger partial charge is 0.493 e. The van der Waals surface area contributed by atoms with Crippen molar-refractivity contribution in [2.75, 3.05) is 20.0 Å². The number of nitrogens with two attached hydrogens (primary N) is 1. The molecule has 2 N–H and O–H groups in total. The number of aryl methyl sites for hydroxylation is 1. The van der Waals surface area contributed by atoms with Gasteiger partial charge < -0.3 is 19.7 Å². The molecule has 0 aliphatic heterocycles. The minimum absolute atomic E-state index is 0. The first-order chi connectivity index (χ1) is 11.9. The van der Waals surface area contributed by atoms with Crippen LogP contribution in [-0.4, -0.2) is 38.5 Å². The Bertz CT molecular complexity index is 865. The molecule has 1 aliphatic rings. The number of benzene rings is 1. The third kappa shape index (κ3) is 3.94. The molecule has 8 nitrogen and oxygen atoms in total. The number of aromatic nitrogens is 2. The zero-order valence-electron chi connectivity index (χ0n) is 14.6. The summed E-state index contributed by atoms with van der Waals surface area (Å²) in [6, 6.07) is 4.49. The molecule has 1 fully saturated rings. The summed E-state index contributed by atoms with van der Waals surface area (Å²) in [7, 11) is -0.581. The summed E-state index contributed by atoms with van der Waals surface area (Å²) in [6.07, 6.45) is 2.79. The number of ether oxygens (including phenoxy) is 2. The lowest BCUT2D eigenvalue weighted by molar-refractivity contribution is 0.229. The van der Waals surface area contributed by atoms with Gasteiger partial charge in [-0.25, -0.2) is 8.42 Å². The molecular formula is C16H22ClN3O5S. The summed E-state index contributed by atoms with van der Waals surface area (Å²) >= 11 is 0. The molecule has 1 aromatic heterocycles. The molecule has 2 aromatic rings. The van der Waals surface area contributed by atoms with E-state index in [0.717, 1.165) is 19.3 Å². The molecule has 1 aliphatic carbocycles. The van der Waals surface area contributed by atoms with Gasteiger partial charge in [-0.3, -0.25) is 0 Å². The third-order valence-corrected chi connectivity index (χ3v) is 6.17. The fourth-order valence-corrected chi connectivity index (χ4v) is 3.93. The molecule has 0 radical (unpaired) electrons. The predicted molar refractivity (Wildman–Crippen MR) is 96.6 cm³/mol. The van der Waals surface area contributed by atoms with Gasteiger partial charge in [0.05, 0.1) is 30.4 Å². The van der Waals surface area contributed by atoms with Gasteiger partial charge >= 0.3 is 0 Å². The molecule has 0 unspecified atom stereocenters. The van der Waals surface area contributed by atoms with Gasteiger partial charge in [0.1, 0.15) is 0 Å². The van der Waals surface area contributed by atoms with Crippen LogP contribution in [0.1, 0.15) is 31.0 Å². The highest BCUT2D eigenvalue weighted by Crippen LogP contribution is 2.37. The second kappa shape index (κ2) is 7.81. The van der Waals surface area contributed by atoms with E-state index in [1.54, 1.807) is 6.07 Å². The van der Waals surface area contributed by atoms with Crippen LogP contribution in [0.2, 0.25) is 0 Å². The van der Waals surface area contributed by atoms with Crippen molar-refractivity contribution in [2.24, 2.45) is 5.73 Å². The number of sulfone groups is 1. The van der Waals surface area contributed by atoms with Crippen molar-refractivity contribution < 1.29 is 22.4 Å². The molecule has 1 saturated carbocycles. The van der Waals surface area contributed by atoms with Crippen LogP contribution in [0.3, 0.4) is 0 Å². The fraction of sp³-hybridized carbons (Fsp3) is 0.500. The van der Waals surface area contributed by atoms with E-state index in [9.17, 15) is 8.42 Å². The minimum Gasteiger partial charge on any atom is -0.493 e. The zero-order chi connectivity index (χ0) is 18.1. The molecule has 0 atom stereocenters. The van der Waals surface area contributed by atoms with E-state index in [4.69, 9.17) is 19.7 Å². The first kappa shape index (κ1) is 20.5. The number of hydrogen-bond donors (Lipinski definition) is 1. The highest BCUT2D eigenvalue weighted by Gasteiger charge is 2.39. The van der Waals surface area contributed by atoms with Gasteiger partial charge in [0.2, 0.25) is 5.89 Å². The molecule has 0 saturated heterocycles. The molecule has 0 spiro atoms. The van der Waals surface area contributed by atoms with Crippen LogP contribution in [0.4, 0.5) is 0 Å². The molecule has 1 heterocycles. The number of hydrogen-bond acceptors (Lipinski definition) is 8. The van der Waals surface area contributed by atoms with E-state index < -0.39 is 15.4 Å². The van der Waals surface area contributed by atoms with Crippen molar-refractivity contribution in [2.45, 2.75) is 36.1 Å². The number of rotatable bonds is 7. The zero-order valence-corrected chi connectivity index (χ0v) is 16.2. The summed E-state index contributed by atoms with van der Waals surface area (Å²) in [6.45, 7) is 0. The van der Waals surface area contributed by atoms with Crippen LogP contribution in [-0.2, 0) is 21.8 Å². The summed E-state index contributed by atoms with van der Waals surface area (Å²) in [5.41, 5.74) is 5.62. The standard InChI is InChI=1S/C16H21N3O5S.ClH/c1-22-12-5-4-11(10-13(12)23-2)25(20,21)9-6-14-18-15(19-24-14)16(17)7-3-8-16;/h4-5,10H,3,6-9,17H2,1-2H3;1H. The normalized spacial score (nSPS) is 15.7. The van der Waals surface area contributed by atoms with E-state index in [1.165, 1.54) is 26.4 Å². The maximum Gasteiger partial charge on any atom is 0.227 e. The van der Waals surface area contributed by atoms with Crippen molar-refractivity contribution in [3.8, 4) is 11.5 Å². The Morgan fingerprint density at radius 2 is 1.92 bits per heavy atom. The third-order valence-electron chi connectivity index (χ3n) is 4.46. The van der Waals surface area contributed by atoms with Crippen molar-refractivity contribution in [3.63, 3.8) is 0 Å². The van der Waals surface area contributed by atoms with E-state index in [-0.39, 0.29) is 35.4 Å². The minimum atomic E-state index is -3.53. The topological polar surface area (TPSA) is 118 Å². The lowest BCUT2D eigenvalue weighted by Gasteiger charge is -2.34. The summed E-state index contributed by atoms with van der Waals surface area (Å²) in [5, 5.41) is 3.89. The Balaban J connectivity index is 0.00000243. The van der Waals surface area contributed by atoms with E-state index in [1.807, 2.05) is 0 Å². The predicted octanol–water partition coefficient (Wildman–Crippen LogP) is 1.86.